The zero-order valence-electron chi connectivity index (χ0n) is 26.1. The first-order valence-corrected chi connectivity index (χ1v) is 15.2. The number of carbonyl (C=O) groups excluding carboxylic acids is 1. The molecule has 2 unspecified atom stereocenters. The third-order valence-corrected chi connectivity index (χ3v) is 7.38. The second-order valence-electron chi connectivity index (χ2n) is 10.4. The molecule has 16 nitrogen and oxygen atoms in total. The van der Waals surface area contributed by atoms with E-state index in [1.54, 1.807) is 32.4 Å². The predicted octanol–water partition coefficient (Wildman–Crippen LogP) is 4.93. The van der Waals surface area contributed by atoms with Gasteiger partial charge in [-0.15, -0.1) is 15.3 Å². The monoisotopic (exact) mass is 649 g/mol. The van der Waals surface area contributed by atoms with Crippen LogP contribution in [-0.4, -0.2) is 87.7 Å². The summed E-state index contributed by atoms with van der Waals surface area (Å²) in [6, 6.07) is 7.03. The van der Waals surface area contributed by atoms with Gasteiger partial charge in [-0.25, -0.2) is 9.67 Å². The average Bonchev–Trinajstić information content (AvgIpc) is 3.62. The number of methoxy groups -OCH3 is 2. The van der Waals surface area contributed by atoms with Gasteiger partial charge in [0.2, 0.25) is 16.9 Å². The molecule has 2 atom stereocenters. The Morgan fingerprint density at radius 3 is 2.48 bits per heavy atom. The molecule has 0 saturated carbocycles. The number of nitriles is 1. The van der Waals surface area contributed by atoms with Gasteiger partial charge in [0.25, 0.3) is 0 Å². The van der Waals surface area contributed by atoms with Gasteiger partial charge in [0, 0.05) is 44.8 Å². The highest BCUT2D eigenvalue weighted by Gasteiger charge is 2.19. The lowest BCUT2D eigenvalue weighted by atomic mass is 10.1. The van der Waals surface area contributed by atoms with Gasteiger partial charge < -0.3 is 30.5 Å². The van der Waals surface area contributed by atoms with E-state index < -0.39 is 5.97 Å². The van der Waals surface area contributed by atoms with Crippen LogP contribution in [0.2, 0.25) is 0 Å². The Morgan fingerprint density at radius 2 is 1.80 bits per heavy atom. The van der Waals surface area contributed by atoms with Gasteiger partial charge in [-0.1, -0.05) is 11.3 Å². The number of aromatic nitrogens is 5. The van der Waals surface area contributed by atoms with E-state index in [1.807, 2.05) is 13.8 Å². The van der Waals surface area contributed by atoms with Crippen molar-refractivity contribution in [2.24, 2.45) is 10.2 Å². The molecule has 0 fully saturated rings. The lowest BCUT2D eigenvalue weighted by Crippen LogP contribution is -2.25. The minimum Gasteiger partial charge on any atom is -0.481 e. The number of hydrogen-bond acceptors (Lipinski definition) is 15. The molecule has 0 saturated heterocycles. The number of rotatable bonds is 17. The van der Waals surface area contributed by atoms with Crippen molar-refractivity contribution in [3.63, 3.8) is 0 Å². The Labute approximate surface area is 268 Å². The van der Waals surface area contributed by atoms with Crippen LogP contribution in [-0.2, 0) is 14.3 Å². The molecule has 0 spiro atoms. The average molecular weight is 650 g/mol. The summed E-state index contributed by atoms with van der Waals surface area (Å²) in [7, 11) is 3.18. The van der Waals surface area contributed by atoms with Crippen LogP contribution in [0.25, 0.3) is 15.3 Å². The molecule has 0 aliphatic carbocycles. The summed E-state index contributed by atoms with van der Waals surface area (Å²) in [5.41, 5.74) is 1.63. The number of carboxylic acid groups (broad SMARTS) is 1. The second kappa shape index (κ2) is 15.8. The number of aliphatic carboxylic acids is 1. The molecule has 242 valence electrons. The normalized spacial score (nSPS) is 12.6. The maximum Gasteiger partial charge on any atom is 0.303 e. The summed E-state index contributed by atoms with van der Waals surface area (Å²) in [4.78, 5) is 36.7. The predicted molar refractivity (Wildman–Crippen MR) is 173 cm³/mol. The Bertz CT molecular complexity index is 1760. The van der Waals surface area contributed by atoms with Crippen LogP contribution >= 0.6 is 11.3 Å². The fraction of sp³-hybridized carbons (Fsp3) is 0.414. The molecule has 4 N–H and O–H groups in total. The third kappa shape index (κ3) is 8.78. The van der Waals surface area contributed by atoms with Crippen LogP contribution in [0.15, 0.2) is 34.6 Å². The van der Waals surface area contributed by atoms with E-state index in [4.69, 9.17) is 14.6 Å². The molecular formula is C29H35N11O5S. The number of ketones is 1. The topological polar surface area (TPSA) is 214 Å². The van der Waals surface area contributed by atoms with Gasteiger partial charge in [-0.3, -0.25) is 9.59 Å². The second-order valence-corrected chi connectivity index (χ2v) is 11.4. The van der Waals surface area contributed by atoms with Crippen molar-refractivity contribution >= 4 is 62.4 Å². The van der Waals surface area contributed by atoms with E-state index >= 15 is 0 Å². The Kier molecular flexibility index (Phi) is 11.6. The first-order chi connectivity index (χ1) is 22.1. The molecule has 4 aromatic rings. The zero-order valence-corrected chi connectivity index (χ0v) is 26.9. The van der Waals surface area contributed by atoms with Gasteiger partial charge in [-0.05, 0) is 45.4 Å². The fourth-order valence-corrected chi connectivity index (χ4v) is 5.20. The zero-order chi connectivity index (χ0) is 33.2. The Morgan fingerprint density at radius 1 is 1.09 bits per heavy atom. The summed E-state index contributed by atoms with van der Waals surface area (Å²) in [6.45, 7) is 6.37. The van der Waals surface area contributed by atoms with Crippen LogP contribution in [0.1, 0.15) is 49.5 Å². The van der Waals surface area contributed by atoms with Crippen LogP contribution < -0.4 is 16.0 Å². The summed E-state index contributed by atoms with van der Waals surface area (Å²) in [6.07, 6.45) is 1.80. The summed E-state index contributed by atoms with van der Waals surface area (Å²) in [5, 5.41) is 42.3. The van der Waals surface area contributed by atoms with Gasteiger partial charge in [0.15, 0.2) is 23.1 Å². The maximum absolute atomic E-state index is 11.8. The van der Waals surface area contributed by atoms with Crippen LogP contribution in [0.5, 0.6) is 0 Å². The van der Waals surface area contributed by atoms with Gasteiger partial charge in [0.05, 0.1) is 29.6 Å². The number of hydrogen-bond donors (Lipinski definition) is 4. The number of thiazole rings is 1. The molecule has 0 aliphatic rings. The van der Waals surface area contributed by atoms with Crippen molar-refractivity contribution in [2.45, 2.75) is 45.7 Å². The van der Waals surface area contributed by atoms with Crippen molar-refractivity contribution in [3.05, 3.63) is 35.5 Å². The summed E-state index contributed by atoms with van der Waals surface area (Å²) < 4.78 is 12.7. The highest BCUT2D eigenvalue weighted by atomic mass is 32.1. The SMILES string of the molecule is COCC(C)Nc1nc(NCCCC(=O)O)c(N=Nc2nn(-c3nc4ccc(C(C)=O)cc4s3)cc2C#N)c(NC(C)COC)n1. The van der Waals surface area contributed by atoms with Gasteiger partial charge >= 0.3 is 5.97 Å². The first-order valence-electron chi connectivity index (χ1n) is 14.3. The molecule has 3 aromatic heterocycles. The van der Waals surface area contributed by atoms with Gasteiger partial charge in [-0.2, -0.15) is 15.2 Å². The molecule has 0 aliphatic heterocycles. The molecule has 0 amide bonds. The van der Waals surface area contributed by atoms with E-state index in [-0.39, 0.29) is 59.7 Å². The number of carboxylic acids is 1. The van der Waals surface area contributed by atoms with Gasteiger partial charge in [0.1, 0.15) is 11.6 Å². The number of ether oxygens (including phenoxy) is 2. The lowest BCUT2D eigenvalue weighted by Gasteiger charge is -2.19. The minimum absolute atomic E-state index is 0.0360. The largest absolute Gasteiger partial charge is 0.481 e. The van der Waals surface area contributed by atoms with Crippen LogP contribution in [0.3, 0.4) is 0 Å². The van der Waals surface area contributed by atoms with Crippen molar-refractivity contribution in [3.8, 4) is 11.2 Å². The number of benzene rings is 1. The maximum atomic E-state index is 11.8. The molecule has 46 heavy (non-hydrogen) atoms. The number of nitrogens with zero attached hydrogens (tertiary/aromatic N) is 8. The van der Waals surface area contributed by atoms with Crippen LogP contribution in [0, 0.1) is 11.3 Å². The number of nitrogens with one attached hydrogen (secondary N) is 3. The van der Waals surface area contributed by atoms with E-state index in [2.05, 4.69) is 52.3 Å². The number of carbonyl (C=O) groups is 2. The molecule has 4 rings (SSSR count). The van der Waals surface area contributed by atoms with E-state index in [0.717, 1.165) is 4.70 Å². The number of Topliss-reactive ketones (excluding diaryl/α,β-unsaturated/α-hetero) is 1. The Hall–Kier alpha value is -5.05. The minimum atomic E-state index is -0.914. The summed E-state index contributed by atoms with van der Waals surface area (Å²) >= 11 is 1.31. The van der Waals surface area contributed by atoms with Crippen molar-refractivity contribution < 1.29 is 24.2 Å². The quantitative estimate of drug-likeness (QED) is 0.0679. The van der Waals surface area contributed by atoms with E-state index in [9.17, 15) is 14.9 Å². The highest BCUT2D eigenvalue weighted by molar-refractivity contribution is 7.20. The van der Waals surface area contributed by atoms with Crippen molar-refractivity contribution in [1.82, 2.24) is 24.7 Å². The van der Waals surface area contributed by atoms with Crippen molar-refractivity contribution in [2.75, 3.05) is 49.9 Å². The van der Waals surface area contributed by atoms with Crippen molar-refractivity contribution in [1.29, 1.82) is 5.26 Å². The molecular weight excluding hydrogens is 614 g/mol. The fourth-order valence-electron chi connectivity index (χ4n) is 4.26. The molecule has 0 radical (unpaired) electrons. The molecule has 0 bridgehead atoms. The van der Waals surface area contributed by atoms with Crippen LogP contribution in [0.4, 0.5) is 29.1 Å². The first kappa shape index (κ1) is 33.8. The number of fused-ring (bicyclic) bond motifs is 1. The smallest absolute Gasteiger partial charge is 0.303 e. The lowest BCUT2D eigenvalue weighted by molar-refractivity contribution is -0.137. The Balaban J connectivity index is 1.74. The molecule has 1 aromatic carbocycles. The van der Waals surface area contributed by atoms with E-state index in [0.29, 0.717) is 41.7 Å². The number of anilines is 3. The molecule has 3 heterocycles. The number of azo groups is 1. The standard InChI is InChI=1S/C29H35N11O5S/c1-16(14-44-4)32-27-24(26(31-10-6-7-23(42)43)35-28(36-27)33-17(2)15-45-5)37-38-25-20(12-30)13-40(39-25)29-34-21-9-8-19(18(3)41)11-22(21)46-29/h8-9,11,13,16-17H,6-7,10,14-15H2,1-5H3,(H,42,43)(H3,31,32,33,35,36). The highest BCUT2D eigenvalue weighted by Crippen LogP contribution is 2.35. The third-order valence-electron chi connectivity index (χ3n) is 6.38. The summed E-state index contributed by atoms with van der Waals surface area (Å²) in [5.74, 6) is -0.0425. The van der Waals surface area contributed by atoms with E-state index in [1.165, 1.54) is 29.1 Å². The molecule has 17 heteroatoms.